The van der Waals surface area contributed by atoms with Gasteiger partial charge in [-0.1, -0.05) is 42.5 Å². The molecule has 0 aliphatic carbocycles. The van der Waals surface area contributed by atoms with Gasteiger partial charge in [-0.3, -0.25) is 0 Å². The number of hydrogen-bond donors (Lipinski definition) is 0. The molecular weight excluding hydrogens is 234 g/mol. The van der Waals surface area contributed by atoms with Gasteiger partial charge >= 0.3 is 0 Å². The molecule has 0 saturated carbocycles. The summed E-state index contributed by atoms with van der Waals surface area (Å²) in [6.07, 6.45) is 3.37. The molecule has 1 aromatic heterocycles. The first-order valence-corrected chi connectivity index (χ1v) is 6.02. The molecule has 0 saturated heterocycles. The van der Waals surface area contributed by atoms with Crippen molar-refractivity contribution in [2.45, 2.75) is 0 Å². The first kappa shape index (κ1) is 11.3. The Hall–Kier alpha value is -2.79. The van der Waals surface area contributed by atoms with Gasteiger partial charge in [0, 0.05) is 5.56 Å². The molecule has 0 aliphatic rings. The van der Waals surface area contributed by atoms with E-state index in [0.29, 0.717) is 11.3 Å². The van der Waals surface area contributed by atoms with Crippen LogP contribution in [0.4, 0.5) is 0 Å². The summed E-state index contributed by atoms with van der Waals surface area (Å²) in [4.78, 5) is 0. The van der Waals surface area contributed by atoms with E-state index < -0.39 is 0 Å². The van der Waals surface area contributed by atoms with Gasteiger partial charge in [0.15, 0.2) is 0 Å². The molecule has 3 rings (SSSR count). The molecule has 2 nitrogen and oxygen atoms in total. The van der Waals surface area contributed by atoms with Gasteiger partial charge in [-0.05, 0) is 29.0 Å². The van der Waals surface area contributed by atoms with E-state index in [-0.39, 0.29) is 0 Å². The van der Waals surface area contributed by atoms with Crippen LogP contribution in [-0.2, 0) is 0 Å². The standard InChI is InChI=1S/C17H11NO/c18-12-14(11-15-7-4-10-19-15)17-9-3-6-13-5-1-2-8-16(13)17/h1-11H/b14-11-. The molecule has 2 heteroatoms. The quantitative estimate of drug-likeness (QED) is 0.623. The van der Waals surface area contributed by atoms with Crippen LogP contribution in [-0.4, -0.2) is 0 Å². The first-order chi connectivity index (χ1) is 9.38. The molecule has 0 N–H and O–H groups in total. The summed E-state index contributed by atoms with van der Waals surface area (Å²) in [6.45, 7) is 0. The third-order valence-electron chi connectivity index (χ3n) is 3.03. The Kier molecular flexibility index (Phi) is 2.88. The molecule has 0 bridgehead atoms. The lowest BCUT2D eigenvalue weighted by atomic mass is 9.98. The van der Waals surface area contributed by atoms with Crippen LogP contribution in [0.2, 0.25) is 0 Å². The Balaban J connectivity index is 2.20. The van der Waals surface area contributed by atoms with Crippen LogP contribution in [0.3, 0.4) is 0 Å². The number of fused-ring (bicyclic) bond motifs is 1. The summed E-state index contributed by atoms with van der Waals surface area (Å²) in [5, 5.41) is 11.6. The van der Waals surface area contributed by atoms with Crippen LogP contribution in [0.5, 0.6) is 0 Å². The summed E-state index contributed by atoms with van der Waals surface area (Å²) in [6, 6.07) is 19.9. The lowest BCUT2D eigenvalue weighted by molar-refractivity contribution is 0.557. The Bertz CT molecular complexity index is 771. The number of nitriles is 1. The number of hydrogen-bond acceptors (Lipinski definition) is 2. The van der Waals surface area contributed by atoms with Crippen LogP contribution in [0, 0.1) is 11.3 Å². The number of nitrogens with zero attached hydrogens (tertiary/aromatic N) is 1. The van der Waals surface area contributed by atoms with Gasteiger partial charge in [0.05, 0.1) is 17.9 Å². The van der Waals surface area contributed by atoms with Crippen molar-refractivity contribution in [3.05, 3.63) is 72.2 Å². The van der Waals surface area contributed by atoms with E-state index >= 15 is 0 Å². The molecule has 1 heterocycles. The number of allylic oxidation sites excluding steroid dienone is 1. The van der Waals surface area contributed by atoms with Gasteiger partial charge in [-0.25, -0.2) is 0 Å². The lowest BCUT2D eigenvalue weighted by Gasteiger charge is -2.04. The second-order valence-corrected chi connectivity index (χ2v) is 4.21. The molecule has 2 aromatic carbocycles. The molecule has 0 unspecified atom stereocenters. The SMILES string of the molecule is N#C/C(=C/c1ccco1)c1cccc2ccccc12. The van der Waals surface area contributed by atoms with E-state index in [1.54, 1.807) is 12.3 Å². The van der Waals surface area contributed by atoms with Crippen LogP contribution in [0.15, 0.2) is 65.3 Å². The minimum atomic E-state index is 0.603. The second kappa shape index (κ2) is 4.83. The summed E-state index contributed by atoms with van der Waals surface area (Å²) in [5.41, 5.74) is 1.53. The van der Waals surface area contributed by atoms with Crippen LogP contribution in [0.25, 0.3) is 22.4 Å². The zero-order valence-corrected chi connectivity index (χ0v) is 10.2. The van der Waals surface area contributed by atoms with Gasteiger partial charge in [0.2, 0.25) is 0 Å². The highest BCUT2D eigenvalue weighted by molar-refractivity contribution is 6.01. The van der Waals surface area contributed by atoms with E-state index in [1.165, 1.54) is 0 Å². The Morgan fingerprint density at radius 3 is 2.63 bits per heavy atom. The predicted octanol–water partition coefficient (Wildman–Crippen LogP) is 4.50. The molecule has 0 spiro atoms. The predicted molar refractivity (Wildman–Crippen MR) is 76.1 cm³/mol. The largest absolute Gasteiger partial charge is 0.465 e. The maximum atomic E-state index is 9.38. The van der Waals surface area contributed by atoms with Crippen LogP contribution < -0.4 is 0 Å². The summed E-state index contributed by atoms with van der Waals surface area (Å²) >= 11 is 0. The molecule has 90 valence electrons. The molecular formula is C17H11NO. The summed E-state index contributed by atoms with van der Waals surface area (Å²) in [5.74, 6) is 0.685. The van der Waals surface area contributed by atoms with Crippen molar-refractivity contribution in [3.63, 3.8) is 0 Å². The van der Waals surface area contributed by atoms with Crippen molar-refractivity contribution in [1.29, 1.82) is 5.26 Å². The fourth-order valence-corrected chi connectivity index (χ4v) is 2.15. The fraction of sp³-hybridized carbons (Fsp3) is 0. The van der Waals surface area contributed by atoms with Gasteiger partial charge in [-0.2, -0.15) is 5.26 Å². The van der Waals surface area contributed by atoms with Crippen molar-refractivity contribution in [2.24, 2.45) is 0 Å². The lowest BCUT2D eigenvalue weighted by Crippen LogP contribution is -1.84. The molecule has 3 aromatic rings. The van der Waals surface area contributed by atoms with Crippen molar-refractivity contribution in [1.82, 2.24) is 0 Å². The van der Waals surface area contributed by atoms with Crippen molar-refractivity contribution >= 4 is 22.4 Å². The highest BCUT2D eigenvalue weighted by Gasteiger charge is 2.06. The molecule has 0 atom stereocenters. The Labute approximate surface area is 111 Å². The first-order valence-electron chi connectivity index (χ1n) is 6.02. The van der Waals surface area contributed by atoms with E-state index in [0.717, 1.165) is 16.3 Å². The average molecular weight is 245 g/mol. The molecule has 0 radical (unpaired) electrons. The third-order valence-corrected chi connectivity index (χ3v) is 3.03. The summed E-state index contributed by atoms with van der Waals surface area (Å²) in [7, 11) is 0. The zero-order chi connectivity index (χ0) is 13.1. The van der Waals surface area contributed by atoms with Crippen LogP contribution in [0.1, 0.15) is 11.3 Å². The van der Waals surface area contributed by atoms with E-state index in [1.807, 2.05) is 54.6 Å². The monoisotopic (exact) mass is 245 g/mol. The highest BCUT2D eigenvalue weighted by Crippen LogP contribution is 2.26. The maximum Gasteiger partial charge on any atom is 0.127 e. The van der Waals surface area contributed by atoms with Crippen molar-refractivity contribution < 1.29 is 4.42 Å². The third kappa shape index (κ3) is 2.14. The van der Waals surface area contributed by atoms with Crippen molar-refractivity contribution in [2.75, 3.05) is 0 Å². The average Bonchev–Trinajstić information content (AvgIpc) is 2.97. The maximum absolute atomic E-state index is 9.38. The number of furan rings is 1. The minimum absolute atomic E-state index is 0.603. The van der Waals surface area contributed by atoms with Gasteiger partial charge < -0.3 is 4.42 Å². The molecule has 19 heavy (non-hydrogen) atoms. The second-order valence-electron chi connectivity index (χ2n) is 4.21. The van der Waals surface area contributed by atoms with Gasteiger partial charge in [0.25, 0.3) is 0 Å². The smallest absolute Gasteiger partial charge is 0.127 e. The topological polar surface area (TPSA) is 36.9 Å². The summed E-state index contributed by atoms with van der Waals surface area (Å²) < 4.78 is 5.27. The number of benzene rings is 2. The van der Waals surface area contributed by atoms with E-state index in [4.69, 9.17) is 4.42 Å². The Morgan fingerprint density at radius 1 is 1.00 bits per heavy atom. The van der Waals surface area contributed by atoms with Gasteiger partial charge in [-0.15, -0.1) is 0 Å². The van der Waals surface area contributed by atoms with E-state index in [2.05, 4.69) is 6.07 Å². The minimum Gasteiger partial charge on any atom is -0.465 e. The van der Waals surface area contributed by atoms with Crippen molar-refractivity contribution in [3.8, 4) is 6.07 Å². The van der Waals surface area contributed by atoms with Crippen LogP contribution >= 0.6 is 0 Å². The zero-order valence-electron chi connectivity index (χ0n) is 10.2. The van der Waals surface area contributed by atoms with Gasteiger partial charge in [0.1, 0.15) is 5.76 Å². The highest BCUT2D eigenvalue weighted by atomic mass is 16.3. The normalized spacial score (nSPS) is 11.4. The molecule has 0 fully saturated rings. The van der Waals surface area contributed by atoms with E-state index in [9.17, 15) is 5.26 Å². The number of rotatable bonds is 2. The molecule has 0 amide bonds. The molecule has 0 aliphatic heterocycles. The Morgan fingerprint density at radius 2 is 1.84 bits per heavy atom. The fourth-order valence-electron chi connectivity index (χ4n) is 2.15.